The largest absolute Gasteiger partial charge is 0.455 e. The third-order valence-corrected chi connectivity index (χ3v) is 7.05. The highest BCUT2D eigenvalue weighted by atomic mass is 32.2. The maximum absolute atomic E-state index is 13.4. The zero-order valence-corrected chi connectivity index (χ0v) is 24.5. The second kappa shape index (κ2) is 12.8. The molecule has 0 bridgehead atoms. The first-order valence-corrected chi connectivity index (χ1v) is 14.4. The molecule has 0 saturated heterocycles. The summed E-state index contributed by atoms with van der Waals surface area (Å²) >= 11 is 0. The van der Waals surface area contributed by atoms with E-state index in [1.54, 1.807) is 20.8 Å². The molecule has 1 atom stereocenters. The fourth-order valence-corrected chi connectivity index (χ4v) is 4.70. The number of alkyl halides is 3. The van der Waals surface area contributed by atoms with Gasteiger partial charge in [0.25, 0.3) is 11.8 Å². The van der Waals surface area contributed by atoms with Gasteiger partial charge in [0.15, 0.2) is 0 Å². The van der Waals surface area contributed by atoms with Gasteiger partial charge in [0, 0.05) is 16.8 Å². The van der Waals surface area contributed by atoms with Gasteiger partial charge in [-0.25, -0.2) is 14.0 Å². The quantitative estimate of drug-likeness (QED) is 0.240. The number of carbonyl (C=O) groups excluding carboxylic acids is 3. The standard InChI is InChI=1S/C28H28F4N4O6S/c1-16-21(11-12-23(29)34-16)41-22-13-17(28(30,31)32)9-10-20(22)25(38)35-18-7-6-8-19(14-18)43(5,40)36-24(37)15-33-26(39)42-27(2,3)4/h6-14H,15H2,1-5H3,(H,33,39)(H,35,38)/t43-/m1/s1. The Morgan fingerprint density at radius 2 is 1.70 bits per heavy atom. The number of aromatic nitrogens is 1. The zero-order valence-electron chi connectivity index (χ0n) is 23.7. The van der Waals surface area contributed by atoms with Crippen LogP contribution in [-0.4, -0.2) is 45.5 Å². The minimum atomic E-state index is -4.75. The van der Waals surface area contributed by atoms with Crippen LogP contribution >= 0.6 is 0 Å². The molecule has 230 valence electrons. The van der Waals surface area contributed by atoms with Gasteiger partial charge in [0.1, 0.15) is 23.6 Å². The van der Waals surface area contributed by atoms with E-state index in [-0.39, 0.29) is 27.6 Å². The number of benzene rings is 2. The number of pyridine rings is 1. The van der Waals surface area contributed by atoms with Crippen molar-refractivity contribution < 1.29 is 45.6 Å². The first kappa shape index (κ1) is 33.0. The lowest BCUT2D eigenvalue weighted by Gasteiger charge is -2.19. The number of anilines is 1. The van der Waals surface area contributed by atoms with Crippen LogP contribution in [0.4, 0.5) is 28.0 Å². The third kappa shape index (κ3) is 9.49. The van der Waals surface area contributed by atoms with Gasteiger partial charge in [0.05, 0.1) is 26.5 Å². The lowest BCUT2D eigenvalue weighted by atomic mass is 10.1. The van der Waals surface area contributed by atoms with E-state index in [1.807, 2.05) is 0 Å². The summed E-state index contributed by atoms with van der Waals surface area (Å²) in [4.78, 5) is 40.8. The van der Waals surface area contributed by atoms with E-state index in [9.17, 15) is 36.2 Å². The van der Waals surface area contributed by atoms with Crippen LogP contribution < -0.4 is 15.4 Å². The topological polar surface area (TPSA) is 136 Å². The number of nitrogens with one attached hydrogen (secondary N) is 2. The van der Waals surface area contributed by atoms with E-state index in [0.717, 1.165) is 18.2 Å². The summed E-state index contributed by atoms with van der Waals surface area (Å²) in [5.41, 5.74) is -2.07. The Kier molecular flexibility index (Phi) is 9.79. The van der Waals surface area contributed by atoms with Crippen molar-refractivity contribution in [2.45, 2.75) is 44.4 Å². The van der Waals surface area contributed by atoms with Crippen LogP contribution in [0.1, 0.15) is 42.4 Å². The molecule has 3 amide bonds. The van der Waals surface area contributed by atoms with Crippen LogP contribution in [-0.2, 0) is 25.4 Å². The lowest BCUT2D eigenvalue weighted by Crippen LogP contribution is -2.35. The van der Waals surface area contributed by atoms with Crippen molar-refractivity contribution in [3.05, 3.63) is 77.4 Å². The molecule has 0 aliphatic heterocycles. The van der Waals surface area contributed by atoms with Gasteiger partial charge in [-0.1, -0.05) is 6.07 Å². The maximum Gasteiger partial charge on any atom is 0.416 e. The minimum absolute atomic E-state index is 0.0359. The van der Waals surface area contributed by atoms with Gasteiger partial charge in [-0.15, -0.1) is 0 Å². The van der Waals surface area contributed by atoms with Crippen molar-refractivity contribution in [3.63, 3.8) is 0 Å². The van der Waals surface area contributed by atoms with E-state index in [4.69, 9.17) is 9.47 Å². The van der Waals surface area contributed by atoms with Crippen molar-refractivity contribution in [2.24, 2.45) is 4.36 Å². The second-order valence-electron chi connectivity index (χ2n) is 10.2. The smallest absolute Gasteiger partial charge is 0.416 e. The van der Waals surface area contributed by atoms with Gasteiger partial charge in [0.2, 0.25) is 5.95 Å². The third-order valence-electron chi connectivity index (χ3n) is 5.36. The van der Waals surface area contributed by atoms with E-state index in [2.05, 4.69) is 20.0 Å². The number of carbonyl (C=O) groups is 3. The number of rotatable bonds is 7. The van der Waals surface area contributed by atoms with Crippen LogP contribution in [0.15, 0.2) is 63.9 Å². The van der Waals surface area contributed by atoms with Crippen LogP contribution in [0.3, 0.4) is 0 Å². The maximum atomic E-state index is 13.4. The van der Waals surface area contributed by atoms with E-state index < -0.39 is 63.2 Å². The van der Waals surface area contributed by atoms with Crippen LogP contribution in [0.2, 0.25) is 0 Å². The van der Waals surface area contributed by atoms with Crippen molar-refractivity contribution in [3.8, 4) is 11.5 Å². The molecule has 0 spiro atoms. The lowest BCUT2D eigenvalue weighted by molar-refractivity contribution is -0.137. The first-order valence-electron chi connectivity index (χ1n) is 12.5. The summed E-state index contributed by atoms with van der Waals surface area (Å²) in [7, 11) is -3.35. The Morgan fingerprint density at radius 3 is 2.33 bits per heavy atom. The summed E-state index contributed by atoms with van der Waals surface area (Å²) in [5.74, 6) is -3.16. The molecule has 0 fully saturated rings. The SMILES string of the molecule is Cc1nc(F)ccc1Oc1cc(C(F)(F)F)ccc1C(=O)Nc1cccc([S@@](C)(=O)=NC(=O)CNC(=O)OC(C)(C)C)c1. The number of halogens is 4. The molecule has 2 aromatic carbocycles. The number of alkyl carbamates (subject to hydrolysis) is 1. The van der Waals surface area contributed by atoms with Gasteiger partial charge >= 0.3 is 12.3 Å². The zero-order chi connectivity index (χ0) is 32.2. The predicted octanol–water partition coefficient (Wildman–Crippen LogP) is 6.10. The molecule has 2 N–H and O–H groups in total. The Labute approximate surface area is 245 Å². The average Bonchev–Trinajstić information content (AvgIpc) is 2.87. The van der Waals surface area contributed by atoms with E-state index >= 15 is 0 Å². The highest BCUT2D eigenvalue weighted by molar-refractivity contribution is 7.93. The van der Waals surface area contributed by atoms with Gasteiger partial charge in [-0.05, 0) is 76.2 Å². The molecule has 0 saturated carbocycles. The molecule has 3 aromatic rings. The van der Waals surface area contributed by atoms with Crippen molar-refractivity contribution in [2.75, 3.05) is 18.1 Å². The van der Waals surface area contributed by atoms with Crippen LogP contribution in [0, 0.1) is 12.9 Å². The number of ether oxygens (including phenoxy) is 2. The second-order valence-corrected chi connectivity index (χ2v) is 12.4. The first-order chi connectivity index (χ1) is 19.8. The molecule has 0 aliphatic carbocycles. The molecule has 3 rings (SSSR count). The van der Waals surface area contributed by atoms with Gasteiger partial charge in [-0.2, -0.15) is 21.9 Å². The molecule has 1 heterocycles. The molecule has 15 heteroatoms. The average molecular weight is 625 g/mol. The van der Waals surface area contributed by atoms with Crippen LogP contribution in [0.25, 0.3) is 0 Å². The summed E-state index contributed by atoms with van der Waals surface area (Å²) in [6.07, 6.45) is -4.43. The number of hydrogen-bond acceptors (Lipinski definition) is 7. The summed E-state index contributed by atoms with van der Waals surface area (Å²) in [6.45, 7) is 5.72. The fraction of sp³-hybridized carbons (Fsp3) is 0.286. The van der Waals surface area contributed by atoms with Gasteiger partial charge < -0.3 is 20.1 Å². The summed E-state index contributed by atoms with van der Waals surface area (Å²) in [6, 6.07) is 9.86. The Morgan fingerprint density at radius 1 is 1.00 bits per heavy atom. The number of amides is 3. The number of hydrogen-bond donors (Lipinski definition) is 2. The molecule has 10 nitrogen and oxygen atoms in total. The normalized spacial score (nSPS) is 13.0. The molecule has 0 unspecified atom stereocenters. The highest BCUT2D eigenvalue weighted by Crippen LogP contribution is 2.36. The fourth-order valence-electron chi connectivity index (χ4n) is 3.46. The Hall–Kier alpha value is -4.53. The summed E-state index contributed by atoms with van der Waals surface area (Å²) < 4.78 is 81.1. The van der Waals surface area contributed by atoms with E-state index in [1.165, 1.54) is 37.4 Å². The van der Waals surface area contributed by atoms with Crippen LogP contribution in [0.5, 0.6) is 11.5 Å². The molecular formula is C28H28F4N4O6S. The van der Waals surface area contributed by atoms with Crippen molar-refractivity contribution >= 4 is 33.3 Å². The Bertz CT molecular complexity index is 1680. The molecular weight excluding hydrogens is 596 g/mol. The molecule has 1 aromatic heterocycles. The highest BCUT2D eigenvalue weighted by Gasteiger charge is 2.32. The Balaban J connectivity index is 1.85. The number of aryl methyl sites for hydroxylation is 1. The van der Waals surface area contributed by atoms with Gasteiger partial charge in [-0.3, -0.25) is 9.59 Å². The molecule has 0 radical (unpaired) electrons. The monoisotopic (exact) mass is 624 g/mol. The van der Waals surface area contributed by atoms with Crippen molar-refractivity contribution in [1.82, 2.24) is 10.3 Å². The molecule has 0 aliphatic rings. The minimum Gasteiger partial charge on any atom is -0.455 e. The number of nitrogens with zero attached hydrogens (tertiary/aromatic N) is 2. The van der Waals surface area contributed by atoms with Crippen molar-refractivity contribution in [1.29, 1.82) is 0 Å². The predicted molar refractivity (Wildman–Crippen MR) is 149 cm³/mol. The summed E-state index contributed by atoms with van der Waals surface area (Å²) in [5, 5.41) is 4.71. The molecule has 43 heavy (non-hydrogen) atoms. The van der Waals surface area contributed by atoms with E-state index in [0.29, 0.717) is 12.1 Å².